The molecular formula is C13H15FN2O3. The molecule has 1 aromatic carbocycles. The van der Waals surface area contributed by atoms with Crippen molar-refractivity contribution in [2.24, 2.45) is 5.73 Å². The number of methoxy groups -OCH3 is 2. The molecule has 1 atom stereocenters. The van der Waals surface area contributed by atoms with Crippen molar-refractivity contribution in [3.05, 3.63) is 29.7 Å². The lowest BCUT2D eigenvalue weighted by molar-refractivity contribution is -0.142. The van der Waals surface area contributed by atoms with Crippen molar-refractivity contribution in [3.8, 4) is 5.75 Å². The normalized spacial score (nSPS) is 12.4. The summed E-state index contributed by atoms with van der Waals surface area (Å²) >= 11 is 0. The van der Waals surface area contributed by atoms with Gasteiger partial charge in [-0.15, -0.1) is 0 Å². The lowest BCUT2D eigenvalue weighted by Crippen LogP contribution is -2.33. The average molecular weight is 266 g/mol. The Morgan fingerprint density at radius 3 is 2.84 bits per heavy atom. The van der Waals surface area contributed by atoms with Crippen molar-refractivity contribution < 1.29 is 18.7 Å². The van der Waals surface area contributed by atoms with Crippen molar-refractivity contribution in [1.82, 2.24) is 4.98 Å². The molecular weight excluding hydrogens is 251 g/mol. The van der Waals surface area contributed by atoms with Crippen LogP contribution in [0.2, 0.25) is 0 Å². The van der Waals surface area contributed by atoms with E-state index in [0.717, 1.165) is 0 Å². The first-order chi connectivity index (χ1) is 9.08. The van der Waals surface area contributed by atoms with Crippen LogP contribution in [0.15, 0.2) is 18.3 Å². The molecule has 0 aliphatic rings. The number of hydrogen-bond donors (Lipinski definition) is 2. The minimum atomic E-state index is -0.824. The van der Waals surface area contributed by atoms with Crippen molar-refractivity contribution >= 4 is 16.9 Å². The van der Waals surface area contributed by atoms with E-state index >= 15 is 0 Å². The second-order valence-electron chi connectivity index (χ2n) is 4.15. The Hall–Kier alpha value is -2.08. The fraction of sp³-hybridized carbons (Fsp3) is 0.308. The van der Waals surface area contributed by atoms with Crippen LogP contribution >= 0.6 is 0 Å². The Kier molecular flexibility index (Phi) is 3.71. The van der Waals surface area contributed by atoms with Gasteiger partial charge in [0.15, 0.2) is 11.6 Å². The van der Waals surface area contributed by atoms with Crippen LogP contribution in [-0.2, 0) is 16.0 Å². The summed E-state index contributed by atoms with van der Waals surface area (Å²) in [5.74, 6) is -0.842. The van der Waals surface area contributed by atoms with Crippen molar-refractivity contribution in [3.63, 3.8) is 0 Å². The standard InChI is InChI=1S/C13H15FN2O3/c1-18-10-4-3-9-11(12(10)14)7(6-16-9)5-8(15)13(17)19-2/h3-4,6,8,16H,5,15H2,1-2H3. The van der Waals surface area contributed by atoms with Gasteiger partial charge in [0.05, 0.1) is 14.2 Å². The zero-order valence-corrected chi connectivity index (χ0v) is 10.7. The average Bonchev–Trinajstić information content (AvgIpc) is 2.82. The topological polar surface area (TPSA) is 77.3 Å². The third-order valence-corrected chi connectivity index (χ3v) is 2.99. The van der Waals surface area contributed by atoms with E-state index in [-0.39, 0.29) is 12.2 Å². The first kappa shape index (κ1) is 13.4. The number of halogens is 1. The largest absolute Gasteiger partial charge is 0.494 e. The number of fused-ring (bicyclic) bond motifs is 1. The van der Waals surface area contributed by atoms with Gasteiger partial charge in [0.25, 0.3) is 0 Å². The number of aromatic nitrogens is 1. The predicted molar refractivity (Wildman–Crippen MR) is 68.5 cm³/mol. The van der Waals surface area contributed by atoms with Crippen LogP contribution in [0.4, 0.5) is 4.39 Å². The van der Waals surface area contributed by atoms with E-state index in [1.165, 1.54) is 20.3 Å². The molecule has 2 aromatic rings. The number of aromatic amines is 1. The lowest BCUT2D eigenvalue weighted by Gasteiger charge is -2.09. The Balaban J connectivity index is 2.41. The minimum absolute atomic E-state index is 0.153. The van der Waals surface area contributed by atoms with Gasteiger partial charge < -0.3 is 20.2 Å². The van der Waals surface area contributed by atoms with Crippen LogP contribution in [0, 0.1) is 5.82 Å². The molecule has 0 radical (unpaired) electrons. The molecule has 0 fully saturated rings. The third-order valence-electron chi connectivity index (χ3n) is 2.99. The highest BCUT2D eigenvalue weighted by atomic mass is 19.1. The van der Waals surface area contributed by atoms with Crippen LogP contribution in [0.25, 0.3) is 10.9 Å². The van der Waals surface area contributed by atoms with E-state index in [9.17, 15) is 9.18 Å². The number of nitrogens with one attached hydrogen (secondary N) is 1. The molecule has 5 nitrogen and oxygen atoms in total. The van der Waals surface area contributed by atoms with Crippen LogP contribution in [0.3, 0.4) is 0 Å². The molecule has 102 valence electrons. The van der Waals surface area contributed by atoms with E-state index in [4.69, 9.17) is 10.5 Å². The molecule has 0 aliphatic heterocycles. The van der Waals surface area contributed by atoms with Crippen molar-refractivity contribution in [2.75, 3.05) is 14.2 Å². The first-order valence-corrected chi connectivity index (χ1v) is 5.74. The molecule has 0 aliphatic carbocycles. The number of carbonyl (C=O) groups excluding carboxylic acids is 1. The summed E-state index contributed by atoms with van der Waals surface area (Å²) in [6.07, 6.45) is 1.83. The Labute approximate surface area is 109 Å². The molecule has 1 unspecified atom stereocenters. The Morgan fingerprint density at radius 1 is 1.47 bits per heavy atom. The number of benzene rings is 1. The molecule has 0 bridgehead atoms. The molecule has 0 saturated carbocycles. The van der Waals surface area contributed by atoms with E-state index in [1.807, 2.05) is 0 Å². The maximum atomic E-state index is 14.2. The van der Waals surface area contributed by atoms with E-state index in [1.54, 1.807) is 12.3 Å². The zero-order valence-electron chi connectivity index (χ0n) is 10.7. The van der Waals surface area contributed by atoms with Crippen LogP contribution in [0.1, 0.15) is 5.56 Å². The molecule has 1 heterocycles. The number of nitrogens with two attached hydrogens (primary N) is 1. The molecule has 0 amide bonds. The van der Waals surface area contributed by atoms with Gasteiger partial charge in [-0.1, -0.05) is 0 Å². The second-order valence-corrected chi connectivity index (χ2v) is 4.15. The van der Waals surface area contributed by atoms with Crippen molar-refractivity contribution in [2.45, 2.75) is 12.5 Å². The predicted octanol–water partition coefficient (Wildman–Crippen LogP) is 1.36. The van der Waals surface area contributed by atoms with E-state index in [2.05, 4.69) is 9.72 Å². The van der Waals surface area contributed by atoms with Gasteiger partial charge in [0.2, 0.25) is 0 Å². The second kappa shape index (κ2) is 5.27. The minimum Gasteiger partial charge on any atom is -0.494 e. The van der Waals surface area contributed by atoms with E-state index < -0.39 is 17.8 Å². The summed E-state index contributed by atoms with van der Waals surface area (Å²) in [6.45, 7) is 0. The number of H-pyrrole nitrogens is 1. The molecule has 2 rings (SSSR count). The summed E-state index contributed by atoms with van der Waals surface area (Å²) in [7, 11) is 2.66. The maximum Gasteiger partial charge on any atom is 0.322 e. The van der Waals surface area contributed by atoms with Gasteiger partial charge in [0, 0.05) is 23.5 Å². The summed E-state index contributed by atoms with van der Waals surface area (Å²) < 4.78 is 23.7. The molecule has 0 spiro atoms. The van der Waals surface area contributed by atoms with Crippen molar-refractivity contribution in [1.29, 1.82) is 0 Å². The lowest BCUT2D eigenvalue weighted by atomic mass is 10.0. The van der Waals surface area contributed by atoms with Gasteiger partial charge in [-0.05, 0) is 17.7 Å². The highest BCUT2D eigenvalue weighted by Gasteiger charge is 2.19. The molecule has 19 heavy (non-hydrogen) atoms. The van der Waals surface area contributed by atoms with Gasteiger partial charge in [0.1, 0.15) is 6.04 Å². The summed E-state index contributed by atoms with van der Waals surface area (Å²) in [5, 5.41) is 0.388. The Bertz CT molecular complexity index is 609. The summed E-state index contributed by atoms with van der Waals surface area (Å²) in [6, 6.07) is 2.43. The number of esters is 1. The monoisotopic (exact) mass is 266 g/mol. The highest BCUT2D eigenvalue weighted by molar-refractivity contribution is 5.86. The van der Waals surface area contributed by atoms with Gasteiger partial charge >= 0.3 is 5.97 Å². The first-order valence-electron chi connectivity index (χ1n) is 5.74. The maximum absolute atomic E-state index is 14.2. The van der Waals surface area contributed by atoms with Gasteiger partial charge in [-0.3, -0.25) is 4.79 Å². The molecule has 6 heteroatoms. The number of carbonyl (C=O) groups is 1. The number of ether oxygens (including phenoxy) is 2. The number of rotatable bonds is 4. The molecule has 3 N–H and O–H groups in total. The fourth-order valence-corrected chi connectivity index (χ4v) is 2.02. The number of hydrogen-bond acceptors (Lipinski definition) is 4. The van der Waals surface area contributed by atoms with Crippen LogP contribution in [-0.4, -0.2) is 31.2 Å². The zero-order chi connectivity index (χ0) is 14.0. The summed E-state index contributed by atoms with van der Waals surface area (Å²) in [5.41, 5.74) is 6.93. The smallest absolute Gasteiger partial charge is 0.322 e. The highest BCUT2D eigenvalue weighted by Crippen LogP contribution is 2.29. The van der Waals surface area contributed by atoms with Gasteiger partial charge in [-0.2, -0.15) is 0 Å². The Morgan fingerprint density at radius 2 is 2.21 bits per heavy atom. The van der Waals surface area contributed by atoms with Crippen LogP contribution in [0.5, 0.6) is 5.75 Å². The molecule has 1 aromatic heterocycles. The van der Waals surface area contributed by atoms with Crippen LogP contribution < -0.4 is 10.5 Å². The summed E-state index contributed by atoms with van der Waals surface area (Å²) in [4.78, 5) is 14.2. The quantitative estimate of drug-likeness (QED) is 0.819. The van der Waals surface area contributed by atoms with Gasteiger partial charge in [-0.25, -0.2) is 4.39 Å². The van der Waals surface area contributed by atoms with E-state index in [0.29, 0.717) is 16.5 Å². The third kappa shape index (κ3) is 2.39. The SMILES string of the molecule is COC(=O)C(N)Cc1c[nH]c2ccc(OC)c(F)c12. The fourth-order valence-electron chi connectivity index (χ4n) is 2.02. The molecule has 0 saturated heterocycles.